The summed E-state index contributed by atoms with van der Waals surface area (Å²) in [6.07, 6.45) is 0.143. The zero-order chi connectivity index (χ0) is 11.9. The van der Waals surface area contributed by atoms with Crippen LogP contribution in [0.15, 0.2) is 0 Å². The first-order valence-corrected chi connectivity index (χ1v) is 6.14. The first-order chi connectivity index (χ1) is 7.52. The van der Waals surface area contributed by atoms with Gasteiger partial charge in [0.25, 0.3) is 0 Å². The molecule has 1 N–H and O–H groups in total. The van der Waals surface area contributed by atoms with Crippen LogP contribution in [0.2, 0.25) is 0 Å². The van der Waals surface area contributed by atoms with Gasteiger partial charge in [0.2, 0.25) is 0 Å². The maximum Gasteiger partial charge on any atom is 0.115 e. The van der Waals surface area contributed by atoms with Crippen LogP contribution in [0.1, 0.15) is 27.7 Å². The third-order valence-corrected chi connectivity index (χ3v) is 3.58. The SMILES string of the molecule is CC(C)[C@@H]1OCC2(CO)CO[C@@H](C(C)C)N12. The molecule has 2 fully saturated rings. The lowest BCUT2D eigenvalue weighted by Crippen LogP contribution is -2.53. The Hall–Kier alpha value is -0.160. The third-order valence-electron chi connectivity index (χ3n) is 3.58. The number of hydrogen-bond acceptors (Lipinski definition) is 4. The van der Waals surface area contributed by atoms with E-state index in [9.17, 15) is 5.11 Å². The monoisotopic (exact) mass is 229 g/mol. The molecule has 0 amide bonds. The highest BCUT2D eigenvalue weighted by molar-refractivity contribution is 5.02. The lowest BCUT2D eigenvalue weighted by molar-refractivity contribution is -0.0959. The van der Waals surface area contributed by atoms with Crippen LogP contribution in [0.4, 0.5) is 0 Å². The molecule has 0 aliphatic carbocycles. The minimum absolute atomic E-state index is 0.0713. The summed E-state index contributed by atoms with van der Waals surface area (Å²) in [5.41, 5.74) is -0.302. The largest absolute Gasteiger partial charge is 0.394 e. The van der Waals surface area contributed by atoms with Gasteiger partial charge in [0.1, 0.15) is 12.5 Å². The first-order valence-electron chi connectivity index (χ1n) is 6.14. The van der Waals surface area contributed by atoms with Gasteiger partial charge >= 0.3 is 0 Å². The summed E-state index contributed by atoms with van der Waals surface area (Å²) in [5, 5.41) is 9.62. The number of aliphatic hydroxyl groups excluding tert-OH is 1. The third kappa shape index (κ3) is 1.68. The van der Waals surface area contributed by atoms with Crippen LogP contribution in [-0.2, 0) is 9.47 Å². The molecule has 0 spiro atoms. The molecule has 0 aromatic rings. The van der Waals surface area contributed by atoms with Crippen molar-refractivity contribution < 1.29 is 14.6 Å². The summed E-state index contributed by atoms with van der Waals surface area (Å²) < 4.78 is 11.7. The lowest BCUT2D eigenvalue weighted by atomic mass is 10.00. The molecule has 2 saturated heterocycles. The van der Waals surface area contributed by atoms with Crippen LogP contribution in [0.5, 0.6) is 0 Å². The Balaban J connectivity index is 2.25. The van der Waals surface area contributed by atoms with Gasteiger partial charge in [0.05, 0.1) is 25.4 Å². The van der Waals surface area contributed by atoms with Crippen molar-refractivity contribution in [2.75, 3.05) is 19.8 Å². The Morgan fingerprint density at radius 1 is 1.12 bits per heavy atom. The van der Waals surface area contributed by atoms with Crippen molar-refractivity contribution >= 4 is 0 Å². The second-order valence-corrected chi connectivity index (χ2v) is 5.68. The maximum atomic E-state index is 9.62. The van der Waals surface area contributed by atoms with Gasteiger partial charge < -0.3 is 14.6 Å². The Morgan fingerprint density at radius 3 is 1.88 bits per heavy atom. The molecule has 0 radical (unpaired) electrons. The summed E-state index contributed by atoms with van der Waals surface area (Å²) >= 11 is 0. The second-order valence-electron chi connectivity index (χ2n) is 5.68. The normalized spacial score (nSPS) is 33.9. The van der Waals surface area contributed by atoms with E-state index in [-0.39, 0.29) is 24.6 Å². The fourth-order valence-electron chi connectivity index (χ4n) is 2.72. The van der Waals surface area contributed by atoms with Gasteiger partial charge in [-0.2, -0.15) is 0 Å². The molecule has 0 bridgehead atoms. The standard InChI is InChI=1S/C12H23NO3/c1-8(2)10-13-11(9(3)4)16-7-12(13,5-14)6-15-10/h8-11,14H,5-7H2,1-4H3/t10-,11-/m0/s1. The van der Waals surface area contributed by atoms with Crippen molar-refractivity contribution in [2.24, 2.45) is 11.8 Å². The fourth-order valence-corrected chi connectivity index (χ4v) is 2.72. The molecule has 2 aliphatic rings. The number of rotatable bonds is 3. The van der Waals surface area contributed by atoms with E-state index in [1.165, 1.54) is 0 Å². The molecular formula is C12H23NO3. The topological polar surface area (TPSA) is 41.9 Å². The van der Waals surface area contributed by atoms with Crippen molar-refractivity contribution in [3.63, 3.8) is 0 Å². The van der Waals surface area contributed by atoms with E-state index >= 15 is 0 Å². The molecule has 2 heterocycles. The molecule has 0 aromatic carbocycles. The molecule has 0 saturated carbocycles. The number of hydrogen-bond donors (Lipinski definition) is 1. The van der Waals surface area contributed by atoms with Crippen LogP contribution >= 0.6 is 0 Å². The molecule has 2 aliphatic heterocycles. The van der Waals surface area contributed by atoms with Crippen LogP contribution in [0.3, 0.4) is 0 Å². The van der Waals surface area contributed by atoms with Crippen LogP contribution in [0, 0.1) is 11.8 Å². The van der Waals surface area contributed by atoms with Crippen molar-refractivity contribution in [3.05, 3.63) is 0 Å². The first kappa shape index (κ1) is 12.3. The fraction of sp³-hybridized carbons (Fsp3) is 1.00. The average molecular weight is 229 g/mol. The van der Waals surface area contributed by atoms with Gasteiger partial charge in [-0.1, -0.05) is 27.7 Å². The van der Waals surface area contributed by atoms with Gasteiger partial charge in [0.15, 0.2) is 0 Å². The predicted molar refractivity (Wildman–Crippen MR) is 60.8 cm³/mol. The van der Waals surface area contributed by atoms with Crippen molar-refractivity contribution in [1.29, 1.82) is 0 Å². The van der Waals surface area contributed by atoms with Gasteiger partial charge in [-0.15, -0.1) is 0 Å². The van der Waals surface area contributed by atoms with E-state index in [1.54, 1.807) is 0 Å². The van der Waals surface area contributed by atoms with Crippen LogP contribution in [-0.4, -0.2) is 47.8 Å². The Morgan fingerprint density at radius 2 is 1.56 bits per heavy atom. The lowest BCUT2D eigenvalue weighted by Gasteiger charge is -2.35. The molecule has 0 unspecified atom stereocenters. The van der Waals surface area contributed by atoms with Crippen molar-refractivity contribution in [2.45, 2.75) is 45.7 Å². The van der Waals surface area contributed by atoms with Crippen LogP contribution < -0.4 is 0 Å². The molecule has 94 valence electrons. The molecule has 16 heavy (non-hydrogen) atoms. The summed E-state index contributed by atoms with van der Waals surface area (Å²) in [4.78, 5) is 2.25. The quantitative estimate of drug-likeness (QED) is 0.785. The van der Waals surface area contributed by atoms with E-state index in [4.69, 9.17) is 9.47 Å². The predicted octanol–water partition coefficient (Wildman–Crippen LogP) is 1.04. The van der Waals surface area contributed by atoms with E-state index < -0.39 is 0 Å². The number of aliphatic hydroxyl groups is 1. The average Bonchev–Trinajstić information content (AvgIpc) is 2.72. The molecule has 4 nitrogen and oxygen atoms in total. The number of nitrogens with zero attached hydrogens (tertiary/aromatic N) is 1. The molecular weight excluding hydrogens is 206 g/mol. The van der Waals surface area contributed by atoms with Gasteiger partial charge in [0, 0.05) is 0 Å². The zero-order valence-electron chi connectivity index (χ0n) is 10.6. The molecule has 2 rings (SSSR count). The zero-order valence-corrected chi connectivity index (χ0v) is 10.6. The van der Waals surface area contributed by atoms with Crippen molar-refractivity contribution in [3.8, 4) is 0 Å². The summed E-state index contributed by atoms with van der Waals surface area (Å²) in [7, 11) is 0. The molecule has 0 aromatic heterocycles. The Bertz CT molecular complexity index is 235. The Labute approximate surface area is 97.5 Å². The minimum Gasteiger partial charge on any atom is -0.394 e. The summed E-state index contributed by atoms with van der Waals surface area (Å²) in [6.45, 7) is 9.86. The summed E-state index contributed by atoms with van der Waals surface area (Å²) in [6, 6.07) is 0. The van der Waals surface area contributed by atoms with E-state index in [0.717, 1.165) is 0 Å². The summed E-state index contributed by atoms with van der Waals surface area (Å²) in [5.74, 6) is 0.827. The maximum absolute atomic E-state index is 9.62. The van der Waals surface area contributed by atoms with Crippen LogP contribution in [0.25, 0.3) is 0 Å². The minimum atomic E-state index is -0.302. The van der Waals surface area contributed by atoms with Gasteiger partial charge in [-0.25, -0.2) is 4.90 Å². The number of ether oxygens (including phenoxy) is 2. The smallest absolute Gasteiger partial charge is 0.115 e. The highest BCUT2D eigenvalue weighted by Gasteiger charge is 2.56. The van der Waals surface area contributed by atoms with E-state index in [2.05, 4.69) is 32.6 Å². The Kier molecular flexibility index (Phi) is 3.27. The number of fused-ring (bicyclic) bond motifs is 1. The van der Waals surface area contributed by atoms with E-state index in [0.29, 0.717) is 25.0 Å². The highest BCUT2D eigenvalue weighted by Crippen LogP contribution is 2.40. The van der Waals surface area contributed by atoms with Crippen molar-refractivity contribution in [1.82, 2.24) is 4.90 Å². The molecule has 2 atom stereocenters. The highest BCUT2D eigenvalue weighted by atomic mass is 16.6. The second kappa shape index (κ2) is 4.26. The molecule has 4 heteroatoms. The van der Waals surface area contributed by atoms with Gasteiger partial charge in [-0.3, -0.25) is 0 Å². The van der Waals surface area contributed by atoms with E-state index in [1.807, 2.05) is 0 Å². The van der Waals surface area contributed by atoms with Gasteiger partial charge in [-0.05, 0) is 11.8 Å².